The summed E-state index contributed by atoms with van der Waals surface area (Å²) in [6.45, 7) is 8.81. The molecule has 4 heterocycles. The van der Waals surface area contributed by atoms with Crippen molar-refractivity contribution in [2.45, 2.75) is 57.8 Å². The molecule has 0 aliphatic carbocycles. The van der Waals surface area contributed by atoms with Gasteiger partial charge < -0.3 is 4.74 Å². The predicted octanol–water partition coefficient (Wildman–Crippen LogP) is 3.66. The molecule has 0 N–H and O–H groups in total. The Bertz CT molecular complexity index is 884. The molecule has 0 radical (unpaired) electrons. The van der Waals surface area contributed by atoms with E-state index in [1.165, 1.54) is 10.4 Å². The molecule has 1 aliphatic rings. The van der Waals surface area contributed by atoms with Crippen molar-refractivity contribution in [1.29, 1.82) is 0 Å². The third-order valence-electron chi connectivity index (χ3n) is 5.12. The van der Waals surface area contributed by atoms with Crippen LogP contribution in [0.2, 0.25) is 0 Å². The van der Waals surface area contributed by atoms with Crippen molar-refractivity contribution in [3.63, 3.8) is 0 Å². The quantitative estimate of drug-likeness (QED) is 0.590. The summed E-state index contributed by atoms with van der Waals surface area (Å²) in [5, 5.41) is 15.0. The van der Waals surface area contributed by atoms with E-state index in [2.05, 4.69) is 69.8 Å². The molecule has 0 aromatic carbocycles. The first-order valence-electron chi connectivity index (χ1n) is 10.1. The first-order valence-corrected chi connectivity index (χ1v) is 11.0. The first kappa shape index (κ1) is 20.1. The summed E-state index contributed by atoms with van der Waals surface area (Å²) in [6.07, 6.45) is 6.18. The second-order valence-corrected chi connectivity index (χ2v) is 9.44. The summed E-state index contributed by atoms with van der Waals surface area (Å²) in [5.74, 6) is 0.863. The summed E-state index contributed by atoms with van der Waals surface area (Å²) in [5.41, 5.74) is 0.958. The Morgan fingerprint density at radius 2 is 2.21 bits per heavy atom. The van der Waals surface area contributed by atoms with E-state index in [0.717, 1.165) is 38.4 Å². The lowest BCUT2D eigenvalue weighted by atomic mass is 10.1. The van der Waals surface area contributed by atoms with Crippen LogP contribution in [0.15, 0.2) is 42.0 Å². The fourth-order valence-electron chi connectivity index (χ4n) is 3.80. The molecule has 0 saturated carbocycles. The van der Waals surface area contributed by atoms with E-state index in [1.54, 1.807) is 11.3 Å². The van der Waals surface area contributed by atoms with E-state index in [1.807, 2.05) is 23.1 Å². The Hall–Kier alpha value is -2.16. The summed E-state index contributed by atoms with van der Waals surface area (Å²) >= 11 is 1.74. The van der Waals surface area contributed by atoms with Gasteiger partial charge in [-0.1, -0.05) is 12.1 Å². The number of tetrazole rings is 1. The molecule has 2 atom stereocenters. The van der Waals surface area contributed by atoms with E-state index >= 15 is 0 Å². The van der Waals surface area contributed by atoms with Crippen molar-refractivity contribution in [3.05, 3.63) is 58.3 Å². The number of hydrogen-bond acceptors (Lipinski definition) is 7. The van der Waals surface area contributed by atoms with Crippen molar-refractivity contribution in [1.82, 2.24) is 30.1 Å². The second kappa shape index (κ2) is 8.69. The summed E-state index contributed by atoms with van der Waals surface area (Å²) < 4.78 is 7.94. The molecule has 0 bridgehead atoms. The summed E-state index contributed by atoms with van der Waals surface area (Å²) in [4.78, 5) is 7.98. The molecule has 0 unspecified atom stereocenters. The van der Waals surface area contributed by atoms with E-state index in [9.17, 15) is 0 Å². The molecule has 8 heteroatoms. The molecule has 1 saturated heterocycles. The van der Waals surface area contributed by atoms with Crippen LogP contribution in [0.3, 0.4) is 0 Å². The zero-order valence-corrected chi connectivity index (χ0v) is 18.0. The number of thiophene rings is 1. The average molecular weight is 413 g/mol. The number of ether oxygens (including phenoxy) is 1. The molecule has 3 aromatic heterocycles. The van der Waals surface area contributed by atoms with E-state index < -0.39 is 0 Å². The fraction of sp³-hybridized carbons (Fsp3) is 0.524. The molecule has 1 fully saturated rings. The van der Waals surface area contributed by atoms with Crippen molar-refractivity contribution < 1.29 is 4.74 Å². The van der Waals surface area contributed by atoms with Crippen LogP contribution in [0.1, 0.15) is 55.9 Å². The second-order valence-electron chi connectivity index (χ2n) is 8.46. The van der Waals surface area contributed by atoms with E-state index in [-0.39, 0.29) is 17.7 Å². The normalized spacial score (nSPS) is 18.4. The number of hydrogen-bond donors (Lipinski definition) is 0. The molecule has 154 valence electrons. The van der Waals surface area contributed by atoms with Gasteiger partial charge in [0, 0.05) is 37.0 Å². The van der Waals surface area contributed by atoms with Gasteiger partial charge in [-0.3, -0.25) is 9.88 Å². The van der Waals surface area contributed by atoms with Gasteiger partial charge in [0.2, 0.25) is 0 Å². The van der Waals surface area contributed by atoms with Crippen molar-refractivity contribution in [2.24, 2.45) is 0 Å². The van der Waals surface area contributed by atoms with E-state index in [4.69, 9.17) is 4.74 Å². The van der Waals surface area contributed by atoms with Gasteiger partial charge in [0.1, 0.15) is 6.04 Å². The highest BCUT2D eigenvalue weighted by Gasteiger charge is 2.34. The topological polar surface area (TPSA) is 69.0 Å². The van der Waals surface area contributed by atoms with Gasteiger partial charge in [-0.15, -0.1) is 16.4 Å². The number of aromatic nitrogens is 5. The largest absolute Gasteiger partial charge is 0.377 e. The van der Waals surface area contributed by atoms with Crippen molar-refractivity contribution >= 4 is 11.3 Å². The Morgan fingerprint density at radius 1 is 1.31 bits per heavy atom. The standard InChI is InChI=1S/C21H28N6OS/c1-21(2,3)27-20(23-24-25-27)19(18-9-6-12-29-18)26(15-17-8-5-11-28-17)14-16-7-4-10-22-13-16/h4,6-7,9-10,12-13,17,19H,5,8,11,14-15H2,1-3H3/t17-,19-/m0/s1. The zero-order valence-electron chi connectivity index (χ0n) is 17.2. The van der Waals surface area contributed by atoms with Gasteiger partial charge in [0.25, 0.3) is 0 Å². The minimum absolute atomic E-state index is 0.0476. The highest BCUT2D eigenvalue weighted by atomic mass is 32.1. The van der Waals surface area contributed by atoms with Gasteiger partial charge in [-0.05, 0) is 67.1 Å². The van der Waals surface area contributed by atoms with Gasteiger partial charge >= 0.3 is 0 Å². The highest BCUT2D eigenvalue weighted by molar-refractivity contribution is 7.10. The Labute approximate surface area is 175 Å². The van der Waals surface area contributed by atoms with Crippen LogP contribution < -0.4 is 0 Å². The number of rotatable bonds is 7. The Kier molecular flexibility index (Phi) is 6.03. The van der Waals surface area contributed by atoms with Crippen molar-refractivity contribution in [2.75, 3.05) is 13.2 Å². The lowest BCUT2D eigenvalue weighted by molar-refractivity contribution is 0.0572. The molecule has 1 aliphatic heterocycles. The lowest BCUT2D eigenvalue weighted by Crippen LogP contribution is -2.38. The fourth-order valence-corrected chi connectivity index (χ4v) is 4.65. The molecule has 29 heavy (non-hydrogen) atoms. The molecule has 3 aromatic rings. The van der Waals surface area contributed by atoms with Gasteiger partial charge in [-0.25, -0.2) is 4.68 Å². The zero-order chi connectivity index (χ0) is 20.3. The van der Waals surface area contributed by atoms with Crippen LogP contribution >= 0.6 is 11.3 Å². The average Bonchev–Trinajstić information content (AvgIpc) is 3.45. The van der Waals surface area contributed by atoms with Crippen LogP contribution in [0.25, 0.3) is 0 Å². The third-order valence-corrected chi connectivity index (χ3v) is 6.05. The molecule has 7 nitrogen and oxygen atoms in total. The van der Waals surface area contributed by atoms with Crippen molar-refractivity contribution in [3.8, 4) is 0 Å². The van der Waals surface area contributed by atoms with Gasteiger partial charge in [0.15, 0.2) is 5.82 Å². The number of pyridine rings is 1. The SMILES string of the molecule is CC(C)(C)n1nnnc1[C@H](c1cccs1)N(Cc1cccnc1)C[C@@H]1CCCO1. The summed E-state index contributed by atoms with van der Waals surface area (Å²) in [7, 11) is 0. The maximum atomic E-state index is 5.99. The predicted molar refractivity (Wildman–Crippen MR) is 113 cm³/mol. The van der Waals surface area contributed by atoms with Crippen LogP contribution in [-0.2, 0) is 16.8 Å². The maximum absolute atomic E-state index is 5.99. The molecule has 0 amide bonds. The minimum atomic E-state index is -0.210. The smallest absolute Gasteiger partial charge is 0.174 e. The third kappa shape index (κ3) is 4.71. The highest BCUT2D eigenvalue weighted by Crippen LogP contribution is 2.34. The Balaban J connectivity index is 1.75. The Morgan fingerprint density at radius 3 is 2.86 bits per heavy atom. The molecule has 0 spiro atoms. The molecule has 4 rings (SSSR count). The monoisotopic (exact) mass is 412 g/mol. The maximum Gasteiger partial charge on any atom is 0.174 e. The molecular weight excluding hydrogens is 384 g/mol. The molecular formula is C21H28N6OS. The minimum Gasteiger partial charge on any atom is -0.377 e. The summed E-state index contributed by atoms with van der Waals surface area (Å²) in [6, 6.07) is 8.32. The van der Waals surface area contributed by atoms with Crippen LogP contribution in [0, 0.1) is 0 Å². The van der Waals surface area contributed by atoms with Crippen LogP contribution in [-0.4, -0.2) is 49.3 Å². The lowest BCUT2D eigenvalue weighted by Gasteiger charge is -2.33. The van der Waals surface area contributed by atoms with Crippen LogP contribution in [0.5, 0.6) is 0 Å². The van der Waals surface area contributed by atoms with Gasteiger partial charge in [-0.2, -0.15) is 0 Å². The van der Waals surface area contributed by atoms with Crippen LogP contribution in [0.4, 0.5) is 0 Å². The van der Waals surface area contributed by atoms with Gasteiger partial charge in [0.05, 0.1) is 11.6 Å². The number of nitrogens with zero attached hydrogens (tertiary/aromatic N) is 6. The van der Waals surface area contributed by atoms with E-state index in [0.29, 0.717) is 0 Å². The first-order chi connectivity index (χ1) is 14.0.